The summed E-state index contributed by atoms with van der Waals surface area (Å²) in [5.41, 5.74) is 1.51. The van der Waals surface area contributed by atoms with Crippen molar-refractivity contribution in [1.29, 1.82) is 0 Å². The lowest BCUT2D eigenvalue weighted by Gasteiger charge is -2.15. The average molecular weight is 367 g/mol. The first-order valence-electron chi connectivity index (χ1n) is 8.68. The number of aryl methyl sites for hydroxylation is 2. The number of hydrogen-bond donors (Lipinski definition) is 1. The molecular weight excluding hydrogens is 346 g/mol. The molecule has 1 N–H and O–H groups in total. The minimum absolute atomic E-state index is 0.0334. The maximum atomic E-state index is 12.5. The van der Waals surface area contributed by atoms with Gasteiger partial charge in [0.1, 0.15) is 5.82 Å². The SMILES string of the molecule is CCc1nc(C)c(CC(=O)N(C)Cc2nc(-c3ccccc3)no2)c(=O)[nH]1. The molecule has 2 heterocycles. The Kier molecular flexibility index (Phi) is 5.44. The monoisotopic (exact) mass is 367 g/mol. The van der Waals surface area contributed by atoms with E-state index in [0.29, 0.717) is 35.2 Å². The van der Waals surface area contributed by atoms with E-state index >= 15 is 0 Å². The summed E-state index contributed by atoms with van der Waals surface area (Å²) < 4.78 is 5.23. The van der Waals surface area contributed by atoms with Crippen molar-refractivity contribution in [3.8, 4) is 11.4 Å². The molecule has 0 radical (unpaired) electrons. The fourth-order valence-corrected chi connectivity index (χ4v) is 2.65. The van der Waals surface area contributed by atoms with Gasteiger partial charge in [-0.3, -0.25) is 9.59 Å². The Hall–Kier alpha value is -3.29. The lowest BCUT2D eigenvalue weighted by Crippen LogP contribution is -2.31. The molecule has 0 saturated carbocycles. The maximum absolute atomic E-state index is 12.5. The van der Waals surface area contributed by atoms with Crippen molar-refractivity contribution in [2.24, 2.45) is 0 Å². The van der Waals surface area contributed by atoms with Crippen molar-refractivity contribution >= 4 is 5.91 Å². The zero-order valence-corrected chi connectivity index (χ0v) is 15.5. The Labute approximate surface area is 156 Å². The minimum atomic E-state index is -0.273. The number of rotatable bonds is 6. The number of aromatic nitrogens is 4. The number of nitrogens with one attached hydrogen (secondary N) is 1. The summed E-state index contributed by atoms with van der Waals surface area (Å²) in [7, 11) is 1.63. The number of likely N-dealkylation sites (N-methyl/N-ethyl adjacent to an activating group) is 1. The van der Waals surface area contributed by atoms with Crippen molar-refractivity contribution in [1.82, 2.24) is 25.0 Å². The first kappa shape index (κ1) is 18.5. The number of aromatic amines is 1. The molecule has 0 aliphatic rings. The van der Waals surface area contributed by atoms with Crippen molar-refractivity contribution in [2.75, 3.05) is 7.05 Å². The fourth-order valence-electron chi connectivity index (χ4n) is 2.65. The van der Waals surface area contributed by atoms with Gasteiger partial charge in [0, 0.05) is 30.3 Å². The third-order valence-corrected chi connectivity index (χ3v) is 4.23. The van der Waals surface area contributed by atoms with Crippen molar-refractivity contribution in [3.63, 3.8) is 0 Å². The molecule has 0 bridgehead atoms. The van der Waals surface area contributed by atoms with Gasteiger partial charge in [-0.2, -0.15) is 4.98 Å². The Morgan fingerprint density at radius 2 is 1.96 bits per heavy atom. The van der Waals surface area contributed by atoms with Gasteiger partial charge in [-0.1, -0.05) is 42.4 Å². The van der Waals surface area contributed by atoms with Gasteiger partial charge in [0.2, 0.25) is 17.6 Å². The van der Waals surface area contributed by atoms with E-state index in [1.54, 1.807) is 14.0 Å². The van der Waals surface area contributed by atoms with Gasteiger partial charge in [0.25, 0.3) is 5.56 Å². The smallest absolute Gasteiger partial charge is 0.254 e. The van der Waals surface area contributed by atoms with E-state index in [1.165, 1.54) is 4.90 Å². The van der Waals surface area contributed by atoms with Crippen LogP contribution < -0.4 is 5.56 Å². The van der Waals surface area contributed by atoms with E-state index in [9.17, 15) is 9.59 Å². The molecule has 0 aliphatic heterocycles. The van der Waals surface area contributed by atoms with Crippen LogP contribution in [0.5, 0.6) is 0 Å². The van der Waals surface area contributed by atoms with Gasteiger partial charge in [0.15, 0.2) is 0 Å². The van der Waals surface area contributed by atoms with Crippen molar-refractivity contribution in [2.45, 2.75) is 33.2 Å². The Morgan fingerprint density at radius 3 is 2.63 bits per heavy atom. The average Bonchev–Trinajstić information content (AvgIpc) is 3.13. The molecule has 3 rings (SSSR count). The van der Waals surface area contributed by atoms with E-state index in [1.807, 2.05) is 37.3 Å². The summed E-state index contributed by atoms with van der Waals surface area (Å²) in [6, 6.07) is 9.44. The molecule has 0 fully saturated rings. The number of carbonyl (C=O) groups is 1. The van der Waals surface area contributed by atoms with Crippen molar-refractivity contribution in [3.05, 3.63) is 63.7 Å². The van der Waals surface area contributed by atoms with E-state index in [-0.39, 0.29) is 24.4 Å². The zero-order chi connectivity index (χ0) is 19.4. The largest absolute Gasteiger partial charge is 0.337 e. The second-order valence-electron chi connectivity index (χ2n) is 6.23. The van der Waals surface area contributed by atoms with Crippen LogP contribution in [0, 0.1) is 6.92 Å². The second kappa shape index (κ2) is 7.94. The van der Waals surface area contributed by atoms with Gasteiger partial charge in [-0.05, 0) is 6.92 Å². The number of benzene rings is 1. The zero-order valence-electron chi connectivity index (χ0n) is 15.5. The number of carbonyl (C=O) groups excluding carboxylic acids is 1. The Balaban J connectivity index is 1.68. The molecule has 0 spiro atoms. The van der Waals surface area contributed by atoms with E-state index in [0.717, 1.165) is 5.56 Å². The van der Waals surface area contributed by atoms with Gasteiger partial charge in [-0.15, -0.1) is 0 Å². The molecule has 8 nitrogen and oxygen atoms in total. The molecule has 0 saturated heterocycles. The van der Waals surface area contributed by atoms with Crippen LogP contribution in [0.4, 0.5) is 0 Å². The number of nitrogens with zero attached hydrogens (tertiary/aromatic N) is 4. The summed E-state index contributed by atoms with van der Waals surface area (Å²) in [5.74, 6) is 1.18. The molecule has 0 aliphatic carbocycles. The predicted octanol–water partition coefficient (Wildman–Crippen LogP) is 1.89. The topological polar surface area (TPSA) is 105 Å². The molecule has 2 aromatic heterocycles. The number of hydrogen-bond acceptors (Lipinski definition) is 6. The highest BCUT2D eigenvalue weighted by molar-refractivity contribution is 5.78. The summed E-state index contributed by atoms with van der Waals surface area (Å²) in [4.78, 5) is 37.5. The summed E-state index contributed by atoms with van der Waals surface area (Å²) >= 11 is 0. The van der Waals surface area contributed by atoms with Crippen LogP contribution >= 0.6 is 0 Å². The third kappa shape index (κ3) is 4.28. The molecule has 27 heavy (non-hydrogen) atoms. The van der Waals surface area contributed by atoms with Gasteiger partial charge in [0.05, 0.1) is 13.0 Å². The van der Waals surface area contributed by atoms with E-state index in [4.69, 9.17) is 4.52 Å². The van der Waals surface area contributed by atoms with Crippen LogP contribution in [-0.2, 0) is 24.2 Å². The highest BCUT2D eigenvalue weighted by atomic mass is 16.5. The number of amides is 1. The summed E-state index contributed by atoms with van der Waals surface area (Å²) in [6.45, 7) is 3.81. The van der Waals surface area contributed by atoms with Gasteiger partial charge >= 0.3 is 0 Å². The van der Waals surface area contributed by atoms with Crippen molar-refractivity contribution < 1.29 is 9.32 Å². The molecular formula is C19H21N5O3. The first-order valence-corrected chi connectivity index (χ1v) is 8.68. The van der Waals surface area contributed by atoms with Crippen LogP contribution in [0.25, 0.3) is 11.4 Å². The quantitative estimate of drug-likeness (QED) is 0.713. The maximum Gasteiger partial charge on any atom is 0.254 e. The normalized spacial score (nSPS) is 10.8. The van der Waals surface area contributed by atoms with Gasteiger partial charge in [-0.25, -0.2) is 4.98 Å². The molecule has 1 amide bonds. The Bertz CT molecular complexity index is 994. The fraction of sp³-hybridized carbons (Fsp3) is 0.316. The standard InChI is InChI=1S/C19H21N5O3/c1-4-15-20-12(2)14(19(26)21-15)10-17(25)24(3)11-16-22-18(23-27-16)13-8-6-5-7-9-13/h5-9H,4,10-11H2,1-3H3,(H,20,21,26). The van der Waals surface area contributed by atoms with E-state index in [2.05, 4.69) is 20.1 Å². The van der Waals surface area contributed by atoms with Crippen LogP contribution in [0.3, 0.4) is 0 Å². The highest BCUT2D eigenvalue weighted by Gasteiger charge is 2.18. The van der Waals surface area contributed by atoms with Crippen LogP contribution in [-0.4, -0.2) is 38.0 Å². The molecule has 140 valence electrons. The molecule has 0 unspecified atom stereocenters. The lowest BCUT2D eigenvalue weighted by molar-refractivity contribution is -0.130. The molecule has 3 aromatic rings. The van der Waals surface area contributed by atoms with Gasteiger partial charge < -0.3 is 14.4 Å². The summed E-state index contributed by atoms with van der Waals surface area (Å²) in [6.07, 6.45) is 0.597. The predicted molar refractivity (Wildman–Crippen MR) is 98.9 cm³/mol. The molecule has 0 atom stereocenters. The highest BCUT2D eigenvalue weighted by Crippen LogP contribution is 2.15. The lowest BCUT2D eigenvalue weighted by atomic mass is 10.1. The second-order valence-corrected chi connectivity index (χ2v) is 6.23. The minimum Gasteiger partial charge on any atom is -0.337 e. The Morgan fingerprint density at radius 1 is 1.22 bits per heavy atom. The van der Waals surface area contributed by atoms with Crippen LogP contribution in [0.15, 0.2) is 39.6 Å². The van der Waals surface area contributed by atoms with Crippen LogP contribution in [0.1, 0.15) is 29.9 Å². The number of H-pyrrole nitrogens is 1. The van der Waals surface area contributed by atoms with Crippen LogP contribution in [0.2, 0.25) is 0 Å². The molecule has 1 aromatic carbocycles. The first-order chi connectivity index (χ1) is 13.0. The van der Waals surface area contributed by atoms with E-state index < -0.39 is 0 Å². The third-order valence-electron chi connectivity index (χ3n) is 4.23. The summed E-state index contributed by atoms with van der Waals surface area (Å²) in [5, 5.41) is 3.94. The molecule has 8 heteroatoms.